The van der Waals surface area contributed by atoms with Crippen molar-refractivity contribution in [3.8, 4) is 11.7 Å². The minimum Gasteiger partial charge on any atom is -0.456 e. The first-order chi connectivity index (χ1) is 22.8. The molecule has 4 heterocycles. The number of oxazole rings is 1. The summed E-state index contributed by atoms with van der Waals surface area (Å²) >= 11 is 0. The molecule has 0 amide bonds. The van der Waals surface area contributed by atoms with Gasteiger partial charge in [-0.2, -0.15) is 4.98 Å². The third-order valence-corrected chi connectivity index (χ3v) is 9.55. The van der Waals surface area contributed by atoms with E-state index in [2.05, 4.69) is 118 Å². The van der Waals surface area contributed by atoms with Crippen molar-refractivity contribution < 1.29 is 8.83 Å². The van der Waals surface area contributed by atoms with Gasteiger partial charge in [-0.3, -0.25) is 4.57 Å². The lowest BCUT2D eigenvalue weighted by atomic mass is 10.0. The molecule has 0 spiro atoms. The third-order valence-electron chi connectivity index (χ3n) is 9.55. The number of para-hydroxylation sites is 4. The highest BCUT2D eigenvalue weighted by Gasteiger charge is 2.23. The van der Waals surface area contributed by atoms with Gasteiger partial charge in [0, 0.05) is 37.7 Å². The van der Waals surface area contributed by atoms with Crippen LogP contribution in [-0.4, -0.2) is 14.1 Å². The van der Waals surface area contributed by atoms with Gasteiger partial charge in [0.2, 0.25) is 0 Å². The maximum Gasteiger partial charge on any atom is 0.307 e. The molecule has 0 aliphatic rings. The summed E-state index contributed by atoms with van der Waals surface area (Å²) in [6.07, 6.45) is 0. The quantitative estimate of drug-likeness (QED) is 0.202. The van der Waals surface area contributed by atoms with Crippen molar-refractivity contribution in [1.82, 2.24) is 14.1 Å². The van der Waals surface area contributed by atoms with Crippen LogP contribution in [0.15, 0.2) is 148 Å². The van der Waals surface area contributed by atoms with E-state index >= 15 is 0 Å². The maximum atomic E-state index is 6.76. The van der Waals surface area contributed by atoms with E-state index in [4.69, 9.17) is 13.8 Å². The number of aromatic nitrogens is 3. The molecule has 0 atom stereocenters. The summed E-state index contributed by atoms with van der Waals surface area (Å²) in [6.45, 7) is 0. The highest BCUT2D eigenvalue weighted by Crippen LogP contribution is 2.43. The summed E-state index contributed by atoms with van der Waals surface area (Å²) in [5, 5.41) is 9.04. The molecule has 0 bridgehead atoms. The Kier molecular flexibility index (Phi) is 4.52. The van der Waals surface area contributed by atoms with Gasteiger partial charge in [-0.1, -0.05) is 97.1 Å². The van der Waals surface area contributed by atoms with E-state index in [0.29, 0.717) is 6.01 Å². The zero-order valence-corrected chi connectivity index (χ0v) is 24.4. The third kappa shape index (κ3) is 3.01. The van der Waals surface area contributed by atoms with Crippen molar-refractivity contribution in [3.63, 3.8) is 0 Å². The highest BCUT2D eigenvalue weighted by molar-refractivity contribution is 6.22. The average molecular weight is 590 g/mol. The van der Waals surface area contributed by atoms with Gasteiger partial charge >= 0.3 is 6.01 Å². The summed E-state index contributed by atoms with van der Waals surface area (Å²) in [4.78, 5) is 5.10. The van der Waals surface area contributed by atoms with Crippen molar-refractivity contribution in [3.05, 3.63) is 140 Å². The van der Waals surface area contributed by atoms with Crippen molar-refractivity contribution in [2.45, 2.75) is 0 Å². The van der Waals surface area contributed by atoms with Gasteiger partial charge in [0.05, 0.1) is 33.1 Å². The second kappa shape index (κ2) is 8.65. The summed E-state index contributed by atoms with van der Waals surface area (Å²) < 4.78 is 17.5. The molecule has 5 heteroatoms. The van der Waals surface area contributed by atoms with E-state index in [0.717, 1.165) is 71.3 Å². The number of fused-ring (bicyclic) bond motifs is 13. The first kappa shape index (κ1) is 24.0. The van der Waals surface area contributed by atoms with Gasteiger partial charge in [0.15, 0.2) is 5.58 Å². The molecule has 0 N–H and O–H groups in total. The molecule has 0 radical (unpaired) electrons. The fraction of sp³-hybridized carbons (Fsp3) is 0. The Morgan fingerprint density at radius 1 is 0.435 bits per heavy atom. The molecule has 0 saturated heterocycles. The number of nitrogens with zero attached hydrogens (tertiary/aromatic N) is 3. The topological polar surface area (TPSA) is 49.0 Å². The smallest absolute Gasteiger partial charge is 0.307 e. The molecule has 5 nitrogen and oxygen atoms in total. The minimum absolute atomic E-state index is 0.536. The van der Waals surface area contributed by atoms with Gasteiger partial charge in [-0.25, -0.2) is 0 Å². The molecule has 0 aliphatic heterocycles. The largest absolute Gasteiger partial charge is 0.456 e. The molecule has 0 fully saturated rings. The highest BCUT2D eigenvalue weighted by atomic mass is 16.4. The Morgan fingerprint density at radius 3 is 1.72 bits per heavy atom. The summed E-state index contributed by atoms with van der Waals surface area (Å²) in [6, 6.07) is 49.5. The normalized spacial score (nSPS) is 12.3. The molecule has 0 saturated carbocycles. The van der Waals surface area contributed by atoms with Gasteiger partial charge in [0.25, 0.3) is 0 Å². The lowest BCUT2D eigenvalue weighted by molar-refractivity contribution is 0.577. The van der Waals surface area contributed by atoms with Crippen LogP contribution in [0.5, 0.6) is 0 Å². The molecular formula is C41H23N3O2. The molecule has 46 heavy (non-hydrogen) atoms. The van der Waals surface area contributed by atoms with E-state index in [9.17, 15) is 0 Å². The van der Waals surface area contributed by atoms with Crippen molar-refractivity contribution in [1.29, 1.82) is 0 Å². The van der Waals surface area contributed by atoms with Gasteiger partial charge < -0.3 is 13.4 Å². The van der Waals surface area contributed by atoms with Crippen LogP contribution in [0.3, 0.4) is 0 Å². The maximum absolute atomic E-state index is 6.76. The monoisotopic (exact) mass is 589 g/mol. The van der Waals surface area contributed by atoms with Crippen LogP contribution in [0.25, 0.3) is 99.1 Å². The van der Waals surface area contributed by atoms with E-state index in [1.165, 1.54) is 21.8 Å². The minimum atomic E-state index is 0.536. The Balaban J connectivity index is 1.29. The lowest BCUT2D eigenvalue weighted by Gasteiger charge is -2.14. The molecule has 0 unspecified atom stereocenters. The van der Waals surface area contributed by atoms with Crippen LogP contribution in [0.1, 0.15) is 0 Å². The van der Waals surface area contributed by atoms with E-state index in [1.54, 1.807) is 0 Å². The number of furan rings is 1. The summed E-state index contributed by atoms with van der Waals surface area (Å²) in [7, 11) is 0. The molecule has 4 aromatic heterocycles. The average Bonchev–Trinajstić information content (AvgIpc) is 3.87. The van der Waals surface area contributed by atoms with Crippen molar-refractivity contribution >= 4 is 87.4 Å². The molecule has 11 rings (SSSR count). The van der Waals surface area contributed by atoms with Crippen LogP contribution in [-0.2, 0) is 0 Å². The number of benzene rings is 7. The zero-order chi connectivity index (χ0) is 29.9. The Hall–Kier alpha value is -6.33. The van der Waals surface area contributed by atoms with Crippen molar-refractivity contribution in [2.24, 2.45) is 0 Å². The Morgan fingerprint density at radius 2 is 1.00 bits per heavy atom. The summed E-state index contributed by atoms with van der Waals surface area (Å²) in [5.41, 5.74) is 8.79. The molecule has 0 aliphatic carbocycles. The molecule has 214 valence electrons. The number of hydrogen-bond donors (Lipinski definition) is 0. The van der Waals surface area contributed by atoms with E-state index in [1.807, 2.05) is 30.3 Å². The van der Waals surface area contributed by atoms with Gasteiger partial charge in [0.1, 0.15) is 16.7 Å². The molecule has 7 aromatic carbocycles. The standard InChI is InChI=1S/C41H23N3O2/c1-2-15-28-26(13-1)35(43-32-17-7-3-11-24(32)25-12-4-8-18-33(25)43)23-30-27-14-5-9-19-34(27)44(39(28)30)41-42-31-21-22-37-38(40(31)46-41)29-16-6-10-20-36(29)45-37/h1-23H. The number of hydrogen-bond acceptors (Lipinski definition) is 3. The van der Waals surface area contributed by atoms with Crippen LogP contribution in [0.4, 0.5) is 0 Å². The summed E-state index contributed by atoms with van der Waals surface area (Å²) in [5.74, 6) is 0. The first-order valence-electron chi connectivity index (χ1n) is 15.5. The van der Waals surface area contributed by atoms with E-state index in [-0.39, 0.29) is 0 Å². The van der Waals surface area contributed by atoms with E-state index < -0.39 is 0 Å². The predicted molar refractivity (Wildman–Crippen MR) is 187 cm³/mol. The Bertz CT molecular complexity index is 2990. The Labute approximate surface area is 261 Å². The van der Waals surface area contributed by atoms with Crippen LogP contribution in [0, 0.1) is 0 Å². The second-order valence-corrected chi connectivity index (χ2v) is 11.9. The second-order valence-electron chi connectivity index (χ2n) is 11.9. The fourth-order valence-electron chi connectivity index (χ4n) is 7.65. The lowest BCUT2D eigenvalue weighted by Crippen LogP contribution is -1.98. The molecule has 11 aromatic rings. The number of rotatable bonds is 2. The fourth-order valence-corrected chi connectivity index (χ4v) is 7.65. The SMILES string of the molecule is c1ccc2c(c1)oc1ccc3nc(-n4c5ccccc5c5cc(-n6c7ccccc7c7ccccc76)c6ccccc6c54)oc3c12. The predicted octanol–water partition coefficient (Wildman–Crippen LogP) is 11.1. The zero-order valence-electron chi connectivity index (χ0n) is 24.4. The van der Waals surface area contributed by atoms with Crippen LogP contribution >= 0.6 is 0 Å². The van der Waals surface area contributed by atoms with Gasteiger partial charge in [-0.15, -0.1) is 0 Å². The molecular weight excluding hydrogens is 566 g/mol. The van der Waals surface area contributed by atoms with Crippen molar-refractivity contribution in [2.75, 3.05) is 0 Å². The van der Waals surface area contributed by atoms with Crippen LogP contribution in [0.2, 0.25) is 0 Å². The first-order valence-corrected chi connectivity index (χ1v) is 15.5. The van der Waals surface area contributed by atoms with Crippen LogP contribution < -0.4 is 0 Å². The van der Waals surface area contributed by atoms with Gasteiger partial charge in [-0.05, 0) is 42.5 Å².